The van der Waals surface area contributed by atoms with Crippen molar-refractivity contribution < 1.29 is 14.0 Å². The largest absolute Gasteiger partial charge is 0.472 e. The van der Waals surface area contributed by atoms with E-state index in [2.05, 4.69) is 22.9 Å². The second kappa shape index (κ2) is 6.56. The average molecular weight is 279 g/mol. The zero-order valence-electron chi connectivity index (χ0n) is 11.8. The maximum Gasteiger partial charge on any atom is 0.255 e. The summed E-state index contributed by atoms with van der Waals surface area (Å²) in [6.45, 7) is 4.72. The van der Waals surface area contributed by atoms with E-state index in [4.69, 9.17) is 4.42 Å². The van der Waals surface area contributed by atoms with E-state index in [1.165, 1.54) is 12.5 Å². The molecule has 3 atom stereocenters. The highest BCUT2D eigenvalue weighted by Crippen LogP contribution is 2.08. The third kappa shape index (κ3) is 3.60. The summed E-state index contributed by atoms with van der Waals surface area (Å²) < 4.78 is 4.84. The third-order valence-electron chi connectivity index (χ3n) is 3.61. The third-order valence-corrected chi connectivity index (χ3v) is 3.61. The van der Waals surface area contributed by atoms with Gasteiger partial charge in [0.25, 0.3) is 5.91 Å². The molecule has 1 aliphatic rings. The van der Waals surface area contributed by atoms with Crippen molar-refractivity contribution >= 4 is 11.8 Å². The summed E-state index contributed by atoms with van der Waals surface area (Å²) >= 11 is 0. The van der Waals surface area contributed by atoms with Gasteiger partial charge in [0.15, 0.2) is 0 Å². The zero-order chi connectivity index (χ0) is 14.5. The van der Waals surface area contributed by atoms with Gasteiger partial charge >= 0.3 is 0 Å². The minimum Gasteiger partial charge on any atom is -0.472 e. The summed E-state index contributed by atoms with van der Waals surface area (Å²) in [5, 5.41) is 8.96. The van der Waals surface area contributed by atoms with Crippen molar-refractivity contribution in [2.75, 3.05) is 6.54 Å². The summed E-state index contributed by atoms with van der Waals surface area (Å²) in [4.78, 5) is 23.9. The first-order valence-electron chi connectivity index (χ1n) is 6.94. The van der Waals surface area contributed by atoms with E-state index in [1.807, 2.05) is 0 Å². The van der Waals surface area contributed by atoms with Gasteiger partial charge in [-0.05, 0) is 39.3 Å². The summed E-state index contributed by atoms with van der Waals surface area (Å²) in [5.41, 5.74) is 0.414. The van der Waals surface area contributed by atoms with Gasteiger partial charge < -0.3 is 20.4 Å². The second-order valence-corrected chi connectivity index (χ2v) is 5.21. The molecule has 1 aliphatic heterocycles. The van der Waals surface area contributed by atoms with Crippen molar-refractivity contribution in [1.29, 1.82) is 0 Å². The van der Waals surface area contributed by atoms with Crippen LogP contribution in [0.1, 0.15) is 37.0 Å². The lowest BCUT2D eigenvalue weighted by Gasteiger charge is -2.31. The molecule has 0 aliphatic carbocycles. The predicted octanol–water partition coefficient (Wildman–Crippen LogP) is 0.655. The predicted molar refractivity (Wildman–Crippen MR) is 74.3 cm³/mol. The van der Waals surface area contributed by atoms with E-state index in [1.54, 1.807) is 13.0 Å². The molecule has 1 fully saturated rings. The highest BCUT2D eigenvalue weighted by molar-refractivity contribution is 5.97. The van der Waals surface area contributed by atoms with Crippen LogP contribution in [-0.2, 0) is 4.79 Å². The van der Waals surface area contributed by atoms with E-state index in [9.17, 15) is 9.59 Å². The Kier molecular flexibility index (Phi) is 4.79. The Morgan fingerprint density at radius 2 is 2.30 bits per heavy atom. The molecule has 3 N–H and O–H groups in total. The van der Waals surface area contributed by atoms with E-state index in [0.29, 0.717) is 5.56 Å². The topological polar surface area (TPSA) is 83.4 Å². The van der Waals surface area contributed by atoms with Gasteiger partial charge in [0.1, 0.15) is 12.3 Å². The fourth-order valence-electron chi connectivity index (χ4n) is 2.29. The zero-order valence-corrected chi connectivity index (χ0v) is 11.8. The lowest BCUT2D eigenvalue weighted by molar-refractivity contribution is -0.123. The standard InChI is InChI=1S/C14H21N3O3/c1-9-12(4-3-6-15-9)17-13(18)10(2)16-14(19)11-5-7-20-8-11/h5,7-10,12,15H,3-4,6H2,1-2H3,(H,16,19)(H,17,18). The molecule has 2 rings (SSSR count). The number of hydrogen-bond donors (Lipinski definition) is 3. The van der Waals surface area contributed by atoms with Gasteiger partial charge in [0.2, 0.25) is 5.91 Å². The first-order valence-corrected chi connectivity index (χ1v) is 6.94. The molecule has 1 saturated heterocycles. The van der Waals surface area contributed by atoms with Crippen LogP contribution in [0, 0.1) is 0 Å². The normalized spacial score (nSPS) is 23.9. The minimum atomic E-state index is -0.577. The molecule has 1 aromatic rings. The number of piperidine rings is 1. The summed E-state index contributed by atoms with van der Waals surface area (Å²) in [5.74, 6) is -0.474. The van der Waals surface area contributed by atoms with Gasteiger partial charge in [-0.3, -0.25) is 9.59 Å². The number of carbonyl (C=O) groups is 2. The minimum absolute atomic E-state index is 0.115. The highest BCUT2D eigenvalue weighted by atomic mass is 16.3. The van der Waals surface area contributed by atoms with Gasteiger partial charge in [-0.2, -0.15) is 0 Å². The fraction of sp³-hybridized carbons (Fsp3) is 0.571. The molecular formula is C14H21N3O3. The Balaban J connectivity index is 1.84. The number of carbonyl (C=O) groups excluding carboxylic acids is 2. The van der Waals surface area contributed by atoms with E-state index in [0.717, 1.165) is 19.4 Å². The van der Waals surface area contributed by atoms with Crippen molar-refractivity contribution in [3.63, 3.8) is 0 Å². The van der Waals surface area contributed by atoms with Crippen LogP contribution in [0.4, 0.5) is 0 Å². The Morgan fingerprint density at radius 3 is 2.95 bits per heavy atom. The smallest absolute Gasteiger partial charge is 0.255 e. The molecule has 0 radical (unpaired) electrons. The van der Waals surface area contributed by atoms with Crippen LogP contribution in [0.25, 0.3) is 0 Å². The first-order chi connectivity index (χ1) is 9.58. The van der Waals surface area contributed by atoms with Crippen LogP contribution in [0.5, 0.6) is 0 Å². The highest BCUT2D eigenvalue weighted by Gasteiger charge is 2.25. The Morgan fingerprint density at radius 1 is 1.50 bits per heavy atom. The number of furan rings is 1. The van der Waals surface area contributed by atoms with Gasteiger partial charge in [-0.1, -0.05) is 0 Å². The number of nitrogens with one attached hydrogen (secondary N) is 3. The molecule has 3 unspecified atom stereocenters. The lowest BCUT2D eigenvalue weighted by Crippen LogP contribution is -2.55. The lowest BCUT2D eigenvalue weighted by atomic mass is 9.99. The Hall–Kier alpha value is -1.82. The summed E-state index contributed by atoms with van der Waals surface area (Å²) in [7, 11) is 0. The van der Waals surface area contributed by atoms with Crippen LogP contribution < -0.4 is 16.0 Å². The van der Waals surface area contributed by atoms with Gasteiger partial charge in [0.05, 0.1) is 11.8 Å². The van der Waals surface area contributed by atoms with Crippen LogP contribution >= 0.6 is 0 Å². The van der Waals surface area contributed by atoms with Crippen LogP contribution in [0.15, 0.2) is 23.0 Å². The van der Waals surface area contributed by atoms with Crippen molar-refractivity contribution in [3.05, 3.63) is 24.2 Å². The fourth-order valence-corrected chi connectivity index (χ4v) is 2.29. The number of amides is 2. The summed E-state index contributed by atoms with van der Waals surface area (Å²) in [6.07, 6.45) is 4.79. The number of rotatable bonds is 4. The molecule has 0 aromatic carbocycles. The monoisotopic (exact) mass is 279 g/mol. The molecular weight excluding hydrogens is 258 g/mol. The van der Waals surface area contributed by atoms with Crippen LogP contribution in [0.3, 0.4) is 0 Å². The average Bonchev–Trinajstić information content (AvgIpc) is 2.95. The number of hydrogen-bond acceptors (Lipinski definition) is 4. The maximum atomic E-state index is 12.1. The molecule has 1 aromatic heterocycles. The Bertz CT molecular complexity index is 458. The van der Waals surface area contributed by atoms with Crippen molar-refractivity contribution in [2.24, 2.45) is 0 Å². The van der Waals surface area contributed by atoms with Gasteiger partial charge in [0, 0.05) is 12.1 Å². The van der Waals surface area contributed by atoms with Gasteiger partial charge in [-0.15, -0.1) is 0 Å². The molecule has 2 amide bonds. The Labute approximate surface area is 118 Å². The van der Waals surface area contributed by atoms with E-state index in [-0.39, 0.29) is 23.9 Å². The quantitative estimate of drug-likeness (QED) is 0.756. The van der Waals surface area contributed by atoms with Crippen LogP contribution in [-0.4, -0.2) is 36.5 Å². The van der Waals surface area contributed by atoms with E-state index < -0.39 is 6.04 Å². The molecule has 20 heavy (non-hydrogen) atoms. The second-order valence-electron chi connectivity index (χ2n) is 5.21. The van der Waals surface area contributed by atoms with Gasteiger partial charge in [-0.25, -0.2) is 0 Å². The molecule has 110 valence electrons. The van der Waals surface area contributed by atoms with Crippen molar-refractivity contribution in [2.45, 2.75) is 44.8 Å². The molecule has 0 saturated carbocycles. The molecule has 6 heteroatoms. The van der Waals surface area contributed by atoms with Crippen molar-refractivity contribution in [1.82, 2.24) is 16.0 Å². The maximum absolute atomic E-state index is 12.1. The molecule has 0 spiro atoms. The molecule has 6 nitrogen and oxygen atoms in total. The first kappa shape index (κ1) is 14.6. The molecule has 2 heterocycles. The molecule has 0 bridgehead atoms. The SMILES string of the molecule is CC(NC(=O)c1ccoc1)C(=O)NC1CCCNC1C. The summed E-state index contributed by atoms with van der Waals surface area (Å²) in [6, 6.07) is 1.35. The van der Waals surface area contributed by atoms with Crippen LogP contribution in [0.2, 0.25) is 0 Å². The van der Waals surface area contributed by atoms with Crippen molar-refractivity contribution in [3.8, 4) is 0 Å². The van der Waals surface area contributed by atoms with E-state index >= 15 is 0 Å².